The fourth-order valence-corrected chi connectivity index (χ4v) is 4.91. The van der Waals surface area contributed by atoms with E-state index in [1.54, 1.807) is 17.8 Å². The number of rotatable bonds is 3. The van der Waals surface area contributed by atoms with Crippen molar-refractivity contribution >= 4 is 38.3 Å². The van der Waals surface area contributed by atoms with Crippen molar-refractivity contribution in [2.45, 2.75) is 35.3 Å². The van der Waals surface area contributed by atoms with E-state index in [1.807, 2.05) is 30.3 Å². The van der Waals surface area contributed by atoms with Gasteiger partial charge in [-0.25, -0.2) is 0 Å². The molecule has 3 heterocycles. The minimum atomic E-state index is -3.30. The molecule has 154 valence electrons. The number of imidazole rings is 1. The molecule has 0 saturated carbocycles. The molecule has 0 unspecified atom stereocenters. The minimum absolute atomic E-state index is 0.132. The summed E-state index contributed by atoms with van der Waals surface area (Å²) in [5.41, 5.74) is 1.15. The summed E-state index contributed by atoms with van der Waals surface area (Å²) in [4.78, 5) is 24.4. The SMILES string of the molecule is B[PH]1(O)OC[C@H](C)O[C@@H](n2cnc3c(Sc4ccccc4)ncnc32)[C@@H](O)CO1. The summed E-state index contributed by atoms with van der Waals surface area (Å²) in [6.07, 6.45) is 0.812. The Morgan fingerprint density at radius 1 is 1.17 bits per heavy atom. The molecule has 4 rings (SSSR count). The maximum absolute atomic E-state index is 10.7. The van der Waals surface area contributed by atoms with Gasteiger partial charge in [-0.2, -0.15) is 0 Å². The zero-order valence-corrected chi connectivity index (χ0v) is 17.8. The van der Waals surface area contributed by atoms with E-state index in [0.717, 1.165) is 4.90 Å². The molecule has 2 N–H and O–H groups in total. The Morgan fingerprint density at radius 3 is 2.72 bits per heavy atom. The van der Waals surface area contributed by atoms with Crippen LogP contribution in [0.25, 0.3) is 11.2 Å². The summed E-state index contributed by atoms with van der Waals surface area (Å²) < 4.78 is 18.5. The van der Waals surface area contributed by atoms with Crippen LogP contribution >= 0.6 is 19.6 Å². The predicted octanol–water partition coefficient (Wildman–Crippen LogP) is 1.32. The van der Waals surface area contributed by atoms with Crippen molar-refractivity contribution in [2.24, 2.45) is 0 Å². The van der Waals surface area contributed by atoms with Gasteiger partial charge in [-0.05, 0) is 0 Å². The molecule has 0 bridgehead atoms. The van der Waals surface area contributed by atoms with E-state index in [2.05, 4.69) is 15.0 Å². The molecular formula is C17H22BN4O5PS. The van der Waals surface area contributed by atoms with E-state index >= 15 is 0 Å². The summed E-state index contributed by atoms with van der Waals surface area (Å²) in [6.45, 7) is 1.83. The van der Waals surface area contributed by atoms with Gasteiger partial charge in [0.1, 0.15) is 0 Å². The van der Waals surface area contributed by atoms with Crippen molar-refractivity contribution in [3.8, 4) is 0 Å². The topological polar surface area (TPSA) is 112 Å². The van der Waals surface area contributed by atoms with E-state index in [4.69, 9.17) is 13.8 Å². The second-order valence-electron chi connectivity index (χ2n) is 6.84. The van der Waals surface area contributed by atoms with Crippen molar-refractivity contribution < 1.29 is 23.8 Å². The van der Waals surface area contributed by atoms with Gasteiger partial charge in [0.15, 0.2) is 0 Å². The summed E-state index contributed by atoms with van der Waals surface area (Å²) in [7, 11) is -1.79. The van der Waals surface area contributed by atoms with Gasteiger partial charge in [0.2, 0.25) is 0 Å². The van der Waals surface area contributed by atoms with Crippen LogP contribution in [0.2, 0.25) is 0 Å². The normalized spacial score (nSPS) is 26.4. The van der Waals surface area contributed by atoms with E-state index in [9.17, 15) is 10.00 Å². The first kappa shape index (κ1) is 20.7. The number of aliphatic hydroxyl groups is 1. The molecule has 12 heteroatoms. The zero-order valence-electron chi connectivity index (χ0n) is 16.0. The molecule has 9 nitrogen and oxygen atoms in total. The standard InChI is InChI=1S/C17H22BN4O5PS/c1-11-7-25-28(18,24)26-8-13(23)17(27-11)22-10-21-14-15(22)19-9-20-16(14)29-12-5-3-2-4-6-12/h2-6,9-11,13,17,23-24,28H,7-8,18H2,1H3/t11-,13-,17+/m0/s1. The van der Waals surface area contributed by atoms with Gasteiger partial charge in [0.05, 0.1) is 0 Å². The summed E-state index contributed by atoms with van der Waals surface area (Å²) in [5.74, 6) is 0. The zero-order chi connectivity index (χ0) is 20.4. The van der Waals surface area contributed by atoms with Gasteiger partial charge in [0, 0.05) is 0 Å². The third-order valence-electron chi connectivity index (χ3n) is 4.37. The van der Waals surface area contributed by atoms with E-state index < -0.39 is 20.2 Å². The Labute approximate surface area is 173 Å². The quantitative estimate of drug-likeness (QED) is 0.357. The molecule has 1 fully saturated rings. The van der Waals surface area contributed by atoms with E-state index in [1.165, 1.54) is 25.7 Å². The third-order valence-corrected chi connectivity index (χ3v) is 6.77. The van der Waals surface area contributed by atoms with Crippen LogP contribution < -0.4 is 0 Å². The molecule has 0 spiro atoms. The van der Waals surface area contributed by atoms with Gasteiger partial charge < -0.3 is 0 Å². The number of aliphatic hydroxyl groups excluding tert-OH is 1. The average molecular weight is 436 g/mol. The van der Waals surface area contributed by atoms with E-state index in [-0.39, 0.29) is 19.3 Å². The summed E-state index contributed by atoms with van der Waals surface area (Å²) in [6, 6.07) is 9.87. The van der Waals surface area contributed by atoms with Crippen LogP contribution in [0.1, 0.15) is 13.2 Å². The Balaban J connectivity index is 1.67. The summed E-state index contributed by atoms with van der Waals surface area (Å²) in [5, 5.41) is 11.4. The van der Waals surface area contributed by atoms with Crippen LogP contribution in [0.15, 0.2) is 52.9 Å². The first-order chi connectivity index (χ1) is 13.9. The number of nitrogens with zero attached hydrogens (tertiary/aromatic N) is 4. The molecule has 1 aliphatic rings. The van der Waals surface area contributed by atoms with Crippen molar-refractivity contribution in [1.82, 2.24) is 19.5 Å². The molecular weight excluding hydrogens is 414 g/mol. The average Bonchev–Trinajstić information content (AvgIpc) is 3.15. The van der Waals surface area contributed by atoms with Crippen LogP contribution in [0.4, 0.5) is 0 Å². The van der Waals surface area contributed by atoms with Gasteiger partial charge in [-0.3, -0.25) is 0 Å². The van der Waals surface area contributed by atoms with Gasteiger partial charge >= 0.3 is 167 Å². The molecule has 0 amide bonds. The van der Waals surface area contributed by atoms with Gasteiger partial charge in [-0.1, -0.05) is 6.07 Å². The van der Waals surface area contributed by atoms with E-state index in [0.29, 0.717) is 16.2 Å². The second kappa shape index (κ2) is 8.65. The predicted molar refractivity (Wildman–Crippen MR) is 112 cm³/mol. The van der Waals surface area contributed by atoms with Crippen molar-refractivity contribution in [2.75, 3.05) is 13.2 Å². The Hall–Kier alpha value is -1.59. The number of hydrogen-bond donors (Lipinski definition) is 2. The number of fused-ring (bicyclic) bond motifs is 1. The molecule has 2 aromatic heterocycles. The first-order valence-corrected chi connectivity index (χ1v) is 12.3. The Morgan fingerprint density at radius 2 is 1.93 bits per heavy atom. The van der Waals surface area contributed by atoms with Crippen molar-refractivity contribution in [3.05, 3.63) is 43.0 Å². The third kappa shape index (κ3) is 4.78. The van der Waals surface area contributed by atoms with Crippen LogP contribution in [-0.4, -0.2) is 62.5 Å². The molecule has 0 aliphatic carbocycles. The Bertz CT molecular complexity index is 979. The molecule has 1 aromatic carbocycles. The second-order valence-corrected chi connectivity index (χ2v) is 10.3. The maximum atomic E-state index is 10.7. The van der Waals surface area contributed by atoms with Crippen LogP contribution in [-0.2, 0) is 13.8 Å². The molecule has 3 aromatic rings. The van der Waals surface area contributed by atoms with Crippen LogP contribution in [0.5, 0.6) is 0 Å². The fourth-order valence-electron chi connectivity index (χ4n) is 2.95. The number of benzene rings is 1. The van der Waals surface area contributed by atoms with Gasteiger partial charge in [-0.15, -0.1) is 0 Å². The van der Waals surface area contributed by atoms with Crippen LogP contribution in [0.3, 0.4) is 0 Å². The van der Waals surface area contributed by atoms with Crippen LogP contribution in [0, 0.1) is 0 Å². The van der Waals surface area contributed by atoms with Gasteiger partial charge in [0.25, 0.3) is 0 Å². The number of aromatic nitrogens is 4. The molecule has 29 heavy (non-hydrogen) atoms. The fraction of sp³-hybridized carbons (Fsp3) is 0.353. The number of ether oxygens (including phenoxy) is 1. The number of hydrogen-bond acceptors (Lipinski definition) is 9. The monoisotopic (exact) mass is 436 g/mol. The molecule has 1 saturated heterocycles. The van der Waals surface area contributed by atoms with Crippen molar-refractivity contribution in [1.29, 1.82) is 0 Å². The molecule has 3 atom stereocenters. The first-order valence-electron chi connectivity index (χ1n) is 9.17. The summed E-state index contributed by atoms with van der Waals surface area (Å²) >= 11 is 1.49. The molecule has 0 radical (unpaired) electrons. The Kier molecular flexibility index (Phi) is 6.17. The van der Waals surface area contributed by atoms with Crippen molar-refractivity contribution in [3.63, 3.8) is 0 Å². The molecule has 1 aliphatic heterocycles.